The molecule has 0 saturated carbocycles. The van der Waals surface area contributed by atoms with Crippen LogP contribution in [0.2, 0.25) is 0 Å². The molecule has 0 aliphatic rings. The van der Waals surface area contributed by atoms with Crippen LogP contribution in [0.1, 0.15) is 11.1 Å². The molecule has 5 nitrogen and oxygen atoms in total. The number of methoxy groups -OCH3 is 1. The number of nitrogens with one attached hydrogen (secondary N) is 2. The van der Waals surface area contributed by atoms with Crippen molar-refractivity contribution in [3.05, 3.63) is 53.5 Å². The number of nitrogens with zero attached hydrogens (tertiary/aromatic N) is 2. The highest BCUT2D eigenvalue weighted by atomic mass is 32.1. The lowest BCUT2D eigenvalue weighted by Crippen LogP contribution is -2.31. The summed E-state index contributed by atoms with van der Waals surface area (Å²) < 4.78 is 19.0. The molecule has 0 saturated heterocycles. The maximum absolute atomic E-state index is 13.8. The minimum absolute atomic E-state index is 0.315. The van der Waals surface area contributed by atoms with Crippen LogP contribution in [0.3, 0.4) is 0 Å². The summed E-state index contributed by atoms with van der Waals surface area (Å²) in [5, 5.41) is 15.1. The Balaban J connectivity index is 1.92. The third-order valence-corrected chi connectivity index (χ3v) is 3.36. The quantitative estimate of drug-likeness (QED) is 0.822. The van der Waals surface area contributed by atoms with Crippen molar-refractivity contribution in [2.24, 2.45) is 0 Å². The molecule has 2 rings (SSSR count). The monoisotopic (exact) mass is 330 g/mol. The van der Waals surface area contributed by atoms with Gasteiger partial charge in [-0.2, -0.15) is 5.26 Å². The summed E-state index contributed by atoms with van der Waals surface area (Å²) in [6, 6.07) is 10.0. The maximum atomic E-state index is 13.8. The number of hydrogen-bond donors (Lipinski definition) is 2. The molecule has 0 bridgehead atoms. The molecule has 23 heavy (non-hydrogen) atoms. The van der Waals surface area contributed by atoms with E-state index in [0.29, 0.717) is 40.8 Å². The summed E-state index contributed by atoms with van der Waals surface area (Å²) in [6.45, 7) is 0.415. The van der Waals surface area contributed by atoms with Crippen LogP contribution in [-0.4, -0.2) is 23.8 Å². The Morgan fingerprint density at radius 2 is 2.22 bits per heavy atom. The van der Waals surface area contributed by atoms with Crippen LogP contribution < -0.4 is 15.4 Å². The van der Waals surface area contributed by atoms with Gasteiger partial charge in [0.25, 0.3) is 0 Å². The number of aromatic nitrogens is 1. The van der Waals surface area contributed by atoms with E-state index in [4.69, 9.17) is 22.2 Å². The fourth-order valence-electron chi connectivity index (χ4n) is 2.02. The molecule has 0 fully saturated rings. The molecule has 0 atom stereocenters. The Kier molecular flexibility index (Phi) is 5.83. The Morgan fingerprint density at radius 3 is 2.96 bits per heavy atom. The lowest BCUT2D eigenvalue weighted by atomic mass is 10.1. The molecule has 7 heteroatoms. The van der Waals surface area contributed by atoms with Crippen LogP contribution in [0.25, 0.3) is 0 Å². The molecule has 2 aromatic rings. The van der Waals surface area contributed by atoms with Gasteiger partial charge in [-0.25, -0.2) is 9.37 Å². The van der Waals surface area contributed by atoms with Crippen molar-refractivity contribution in [2.45, 2.75) is 6.42 Å². The van der Waals surface area contributed by atoms with Gasteiger partial charge in [0.15, 0.2) is 5.11 Å². The van der Waals surface area contributed by atoms with Crippen LogP contribution in [-0.2, 0) is 6.42 Å². The van der Waals surface area contributed by atoms with E-state index in [1.165, 1.54) is 13.2 Å². The zero-order valence-electron chi connectivity index (χ0n) is 12.5. The Labute approximate surface area is 139 Å². The standard InChI is InChI=1S/C16H15FN4OS/c1-22-14-6-2-5-13(17)12(14)7-9-20-16(23)21-15-11(10-18)4-3-8-19-15/h2-6,8H,7,9H2,1H3,(H2,19,20,21,23). The number of thiocarbonyl (C=S) groups is 1. The number of anilines is 1. The molecule has 0 spiro atoms. The van der Waals surface area contributed by atoms with Crippen molar-refractivity contribution in [2.75, 3.05) is 19.0 Å². The molecule has 0 amide bonds. The second-order valence-electron chi connectivity index (χ2n) is 4.56. The minimum Gasteiger partial charge on any atom is -0.496 e. The van der Waals surface area contributed by atoms with Crippen molar-refractivity contribution in [1.82, 2.24) is 10.3 Å². The molecule has 0 aliphatic carbocycles. The van der Waals surface area contributed by atoms with Crippen molar-refractivity contribution in [3.8, 4) is 11.8 Å². The van der Waals surface area contributed by atoms with Crippen LogP contribution in [0.4, 0.5) is 10.2 Å². The van der Waals surface area contributed by atoms with Crippen molar-refractivity contribution < 1.29 is 9.13 Å². The predicted molar refractivity (Wildman–Crippen MR) is 89.8 cm³/mol. The number of rotatable bonds is 5. The maximum Gasteiger partial charge on any atom is 0.171 e. The van der Waals surface area contributed by atoms with Gasteiger partial charge in [0, 0.05) is 18.3 Å². The van der Waals surface area contributed by atoms with Crippen molar-refractivity contribution in [1.29, 1.82) is 5.26 Å². The molecular formula is C16H15FN4OS. The highest BCUT2D eigenvalue weighted by Crippen LogP contribution is 2.21. The van der Waals surface area contributed by atoms with E-state index in [1.54, 1.807) is 30.5 Å². The SMILES string of the molecule is COc1cccc(F)c1CCNC(=S)Nc1ncccc1C#N. The highest BCUT2D eigenvalue weighted by molar-refractivity contribution is 7.80. The van der Waals surface area contributed by atoms with Crippen LogP contribution in [0, 0.1) is 17.1 Å². The lowest BCUT2D eigenvalue weighted by molar-refractivity contribution is 0.404. The zero-order chi connectivity index (χ0) is 16.7. The number of halogens is 1. The van der Waals surface area contributed by atoms with E-state index < -0.39 is 0 Å². The molecule has 0 radical (unpaired) electrons. The van der Waals surface area contributed by atoms with Crippen molar-refractivity contribution >= 4 is 23.1 Å². The Hall–Kier alpha value is -2.72. The summed E-state index contributed by atoms with van der Waals surface area (Å²) in [6.07, 6.45) is 1.97. The van der Waals surface area contributed by atoms with E-state index in [9.17, 15) is 4.39 Å². The summed E-state index contributed by atoms with van der Waals surface area (Å²) >= 11 is 5.16. The third kappa shape index (κ3) is 4.37. The molecule has 118 valence electrons. The molecule has 2 N–H and O–H groups in total. The molecular weight excluding hydrogens is 315 g/mol. The first-order chi connectivity index (χ1) is 11.2. The van der Waals surface area contributed by atoms with Crippen molar-refractivity contribution in [3.63, 3.8) is 0 Å². The molecule has 1 heterocycles. The predicted octanol–water partition coefficient (Wildman–Crippen LogP) is 2.63. The number of ether oxygens (including phenoxy) is 1. The lowest BCUT2D eigenvalue weighted by Gasteiger charge is -2.12. The first kappa shape index (κ1) is 16.6. The van der Waals surface area contributed by atoms with Gasteiger partial charge >= 0.3 is 0 Å². The Bertz CT molecular complexity index is 745. The van der Waals surface area contributed by atoms with Gasteiger partial charge in [-0.05, 0) is 42.9 Å². The first-order valence-electron chi connectivity index (χ1n) is 6.87. The number of hydrogen-bond acceptors (Lipinski definition) is 4. The Morgan fingerprint density at radius 1 is 1.39 bits per heavy atom. The fraction of sp³-hybridized carbons (Fsp3) is 0.188. The molecule has 0 unspecified atom stereocenters. The van der Waals surface area contributed by atoms with Gasteiger partial charge < -0.3 is 15.4 Å². The van der Waals surface area contributed by atoms with Gasteiger partial charge in [0.05, 0.1) is 12.7 Å². The van der Waals surface area contributed by atoms with E-state index in [0.717, 1.165) is 0 Å². The average Bonchev–Trinajstić information content (AvgIpc) is 2.56. The molecule has 0 aliphatic heterocycles. The third-order valence-electron chi connectivity index (χ3n) is 3.12. The van der Waals surface area contributed by atoms with Crippen LogP contribution in [0.15, 0.2) is 36.5 Å². The summed E-state index contributed by atoms with van der Waals surface area (Å²) in [7, 11) is 1.50. The zero-order valence-corrected chi connectivity index (χ0v) is 13.3. The number of pyridine rings is 1. The van der Waals surface area contributed by atoms with Gasteiger partial charge in [-0.3, -0.25) is 0 Å². The molecule has 1 aromatic carbocycles. The average molecular weight is 330 g/mol. The number of benzene rings is 1. The fourth-order valence-corrected chi connectivity index (χ4v) is 2.22. The highest BCUT2D eigenvalue weighted by Gasteiger charge is 2.09. The largest absolute Gasteiger partial charge is 0.496 e. The van der Waals surface area contributed by atoms with Gasteiger partial charge in [-0.15, -0.1) is 0 Å². The van der Waals surface area contributed by atoms with Gasteiger partial charge in [-0.1, -0.05) is 6.07 Å². The summed E-state index contributed by atoms with van der Waals surface area (Å²) in [5.74, 6) is 0.569. The van der Waals surface area contributed by atoms with E-state index in [-0.39, 0.29) is 5.82 Å². The summed E-state index contributed by atoms with van der Waals surface area (Å²) in [5.41, 5.74) is 0.883. The number of nitriles is 1. The molecule has 1 aromatic heterocycles. The smallest absolute Gasteiger partial charge is 0.171 e. The van der Waals surface area contributed by atoms with E-state index in [1.807, 2.05) is 6.07 Å². The van der Waals surface area contributed by atoms with Gasteiger partial charge in [0.1, 0.15) is 23.5 Å². The van der Waals surface area contributed by atoms with E-state index in [2.05, 4.69) is 15.6 Å². The second-order valence-corrected chi connectivity index (χ2v) is 4.97. The minimum atomic E-state index is -0.318. The first-order valence-corrected chi connectivity index (χ1v) is 7.28. The topological polar surface area (TPSA) is 70.0 Å². The van der Waals surface area contributed by atoms with Crippen LogP contribution >= 0.6 is 12.2 Å². The second kappa shape index (κ2) is 8.06. The van der Waals surface area contributed by atoms with Crippen LogP contribution in [0.5, 0.6) is 5.75 Å². The van der Waals surface area contributed by atoms with Gasteiger partial charge in [0.2, 0.25) is 0 Å². The normalized spacial score (nSPS) is 9.78. The summed E-state index contributed by atoms with van der Waals surface area (Å²) in [4.78, 5) is 4.06. The van der Waals surface area contributed by atoms with E-state index >= 15 is 0 Å².